The number of rotatable bonds is 1. The van der Waals surface area contributed by atoms with Crippen molar-refractivity contribution in [3.8, 4) is 17.0 Å². The Balaban J connectivity index is 2.09. The molecule has 14 heavy (non-hydrogen) atoms. The lowest BCUT2D eigenvalue weighted by Gasteiger charge is -2.00. The molecular weight excluding hydrogens is 194 g/mol. The first-order valence-corrected chi connectivity index (χ1v) is 5.52. The molecule has 0 amide bonds. The molecule has 3 heteroatoms. The van der Waals surface area contributed by atoms with Gasteiger partial charge >= 0.3 is 0 Å². The van der Waals surface area contributed by atoms with Crippen LogP contribution in [0.4, 0.5) is 0 Å². The van der Waals surface area contributed by atoms with Crippen LogP contribution in [0, 0.1) is 0 Å². The van der Waals surface area contributed by atoms with Crippen LogP contribution in [0.3, 0.4) is 0 Å². The van der Waals surface area contributed by atoms with E-state index in [0.29, 0.717) is 0 Å². The van der Waals surface area contributed by atoms with Crippen molar-refractivity contribution in [3.05, 3.63) is 34.7 Å². The lowest BCUT2D eigenvalue weighted by molar-refractivity contribution is 0.357. The van der Waals surface area contributed by atoms with Crippen LogP contribution in [0.15, 0.2) is 29.1 Å². The molecule has 70 valence electrons. The van der Waals surface area contributed by atoms with Gasteiger partial charge in [-0.15, -0.1) is 11.3 Å². The molecule has 2 aromatic rings. The van der Waals surface area contributed by atoms with Crippen molar-refractivity contribution in [3.63, 3.8) is 0 Å². The minimum atomic E-state index is 0.815. The molecule has 1 aromatic heterocycles. The molecule has 2 heterocycles. The normalized spacial score (nSPS) is 13.7. The van der Waals surface area contributed by atoms with Gasteiger partial charge in [-0.2, -0.15) is 0 Å². The third kappa shape index (κ3) is 1.21. The van der Waals surface area contributed by atoms with Crippen molar-refractivity contribution in [2.24, 2.45) is 0 Å². The van der Waals surface area contributed by atoms with E-state index in [-0.39, 0.29) is 0 Å². The number of hydrogen-bond donors (Lipinski definition) is 0. The highest BCUT2D eigenvalue weighted by atomic mass is 32.1. The highest BCUT2D eigenvalue weighted by molar-refractivity contribution is 7.07. The summed E-state index contributed by atoms with van der Waals surface area (Å²) in [5.74, 6) is 1.03. The van der Waals surface area contributed by atoms with E-state index in [9.17, 15) is 0 Å². The third-order valence-corrected chi connectivity index (χ3v) is 3.00. The van der Waals surface area contributed by atoms with Crippen molar-refractivity contribution in [2.45, 2.75) is 6.42 Å². The lowest BCUT2D eigenvalue weighted by atomic mass is 10.1. The Morgan fingerprint density at radius 3 is 3.21 bits per heavy atom. The Morgan fingerprint density at radius 2 is 2.36 bits per heavy atom. The van der Waals surface area contributed by atoms with E-state index >= 15 is 0 Å². The summed E-state index contributed by atoms with van der Waals surface area (Å²) in [6, 6.07) is 6.29. The molecule has 1 aliphatic rings. The molecular formula is C11H9NOS. The van der Waals surface area contributed by atoms with E-state index in [0.717, 1.165) is 24.5 Å². The fourth-order valence-corrected chi connectivity index (χ4v) is 2.26. The molecule has 0 fully saturated rings. The first-order valence-electron chi connectivity index (χ1n) is 4.58. The molecule has 0 radical (unpaired) electrons. The van der Waals surface area contributed by atoms with Crippen LogP contribution in [0.5, 0.6) is 5.75 Å². The van der Waals surface area contributed by atoms with Crippen LogP contribution >= 0.6 is 11.3 Å². The molecule has 0 atom stereocenters. The van der Waals surface area contributed by atoms with E-state index in [1.54, 1.807) is 11.3 Å². The van der Waals surface area contributed by atoms with Gasteiger partial charge in [-0.3, -0.25) is 0 Å². The monoisotopic (exact) mass is 203 g/mol. The van der Waals surface area contributed by atoms with Gasteiger partial charge in [-0.1, -0.05) is 0 Å². The summed E-state index contributed by atoms with van der Waals surface area (Å²) in [5.41, 5.74) is 5.41. The zero-order valence-corrected chi connectivity index (χ0v) is 8.38. The molecule has 0 saturated carbocycles. The minimum absolute atomic E-state index is 0.815. The SMILES string of the molecule is c1nc(-c2ccc3c(c2)CCO3)cs1. The van der Waals surface area contributed by atoms with Crippen LogP contribution < -0.4 is 4.74 Å². The number of ether oxygens (including phenoxy) is 1. The Hall–Kier alpha value is -1.35. The van der Waals surface area contributed by atoms with E-state index < -0.39 is 0 Å². The number of benzene rings is 1. The molecule has 1 aliphatic heterocycles. The number of thiazole rings is 1. The maximum Gasteiger partial charge on any atom is 0.122 e. The number of hydrogen-bond acceptors (Lipinski definition) is 3. The van der Waals surface area contributed by atoms with Crippen molar-refractivity contribution >= 4 is 11.3 Å². The van der Waals surface area contributed by atoms with Gasteiger partial charge in [0.25, 0.3) is 0 Å². The summed E-state index contributed by atoms with van der Waals surface area (Å²) >= 11 is 1.63. The molecule has 2 nitrogen and oxygen atoms in total. The zero-order chi connectivity index (χ0) is 9.38. The third-order valence-electron chi connectivity index (χ3n) is 2.42. The topological polar surface area (TPSA) is 22.1 Å². The summed E-state index contributed by atoms with van der Waals surface area (Å²) in [6.45, 7) is 0.815. The Bertz CT molecular complexity index is 450. The second kappa shape index (κ2) is 3.10. The van der Waals surface area contributed by atoms with Gasteiger partial charge in [-0.25, -0.2) is 4.98 Å². The van der Waals surface area contributed by atoms with E-state index in [2.05, 4.69) is 22.5 Å². The summed E-state index contributed by atoms with van der Waals surface area (Å²) in [6.07, 6.45) is 1.02. The van der Waals surface area contributed by atoms with Gasteiger partial charge in [-0.05, 0) is 23.8 Å². The smallest absolute Gasteiger partial charge is 0.122 e. The summed E-state index contributed by atoms with van der Waals surface area (Å²) in [7, 11) is 0. The van der Waals surface area contributed by atoms with Crippen LogP contribution in [-0.2, 0) is 6.42 Å². The van der Waals surface area contributed by atoms with Crippen molar-refractivity contribution < 1.29 is 4.74 Å². The predicted octanol–water partition coefficient (Wildman–Crippen LogP) is 2.75. The quantitative estimate of drug-likeness (QED) is 0.711. The van der Waals surface area contributed by atoms with Gasteiger partial charge in [0.1, 0.15) is 5.75 Å². The molecule has 1 aromatic carbocycles. The molecule has 0 unspecified atom stereocenters. The number of aromatic nitrogens is 1. The number of fused-ring (bicyclic) bond motifs is 1. The summed E-state index contributed by atoms with van der Waals surface area (Å²) in [4.78, 5) is 4.29. The minimum Gasteiger partial charge on any atom is -0.493 e. The zero-order valence-electron chi connectivity index (χ0n) is 7.56. The predicted molar refractivity (Wildman–Crippen MR) is 56.7 cm³/mol. The first kappa shape index (κ1) is 8.00. The number of nitrogens with zero attached hydrogens (tertiary/aromatic N) is 1. The fraction of sp³-hybridized carbons (Fsp3) is 0.182. The van der Waals surface area contributed by atoms with E-state index in [4.69, 9.17) is 4.74 Å². The van der Waals surface area contributed by atoms with Gasteiger partial charge in [0, 0.05) is 17.4 Å². The van der Waals surface area contributed by atoms with Crippen molar-refractivity contribution in [1.29, 1.82) is 0 Å². The van der Waals surface area contributed by atoms with Crippen molar-refractivity contribution in [2.75, 3.05) is 6.61 Å². The maximum absolute atomic E-state index is 5.45. The summed E-state index contributed by atoms with van der Waals surface area (Å²) < 4.78 is 5.45. The van der Waals surface area contributed by atoms with Crippen LogP contribution in [0.2, 0.25) is 0 Å². The molecule has 0 bridgehead atoms. The highest BCUT2D eigenvalue weighted by Crippen LogP contribution is 2.30. The van der Waals surface area contributed by atoms with Gasteiger partial charge in [0.15, 0.2) is 0 Å². The van der Waals surface area contributed by atoms with Crippen molar-refractivity contribution in [1.82, 2.24) is 4.98 Å². The second-order valence-corrected chi connectivity index (χ2v) is 4.01. The largest absolute Gasteiger partial charge is 0.493 e. The van der Waals surface area contributed by atoms with Crippen LogP contribution in [0.25, 0.3) is 11.3 Å². The van der Waals surface area contributed by atoms with Crippen LogP contribution in [-0.4, -0.2) is 11.6 Å². The maximum atomic E-state index is 5.45. The Kier molecular flexibility index (Phi) is 1.77. The van der Waals surface area contributed by atoms with Crippen LogP contribution in [0.1, 0.15) is 5.56 Å². The average Bonchev–Trinajstić information content (AvgIpc) is 2.88. The van der Waals surface area contributed by atoms with E-state index in [1.165, 1.54) is 11.1 Å². The Morgan fingerprint density at radius 1 is 1.36 bits per heavy atom. The summed E-state index contributed by atoms with van der Waals surface area (Å²) in [5, 5.41) is 2.07. The van der Waals surface area contributed by atoms with E-state index in [1.807, 2.05) is 11.6 Å². The molecule has 3 rings (SSSR count). The van der Waals surface area contributed by atoms with Gasteiger partial charge in [0.2, 0.25) is 0 Å². The molecule has 0 spiro atoms. The first-order chi connectivity index (χ1) is 6.93. The van der Waals surface area contributed by atoms with Gasteiger partial charge < -0.3 is 4.74 Å². The average molecular weight is 203 g/mol. The standard InChI is InChI=1S/C11H9NOS/c1-2-11-9(3-4-13-11)5-8(1)10-6-14-7-12-10/h1-2,5-7H,3-4H2. The molecule has 0 saturated heterocycles. The fourth-order valence-electron chi connectivity index (χ4n) is 1.70. The lowest BCUT2D eigenvalue weighted by Crippen LogP contribution is -1.85. The second-order valence-electron chi connectivity index (χ2n) is 3.29. The molecule has 0 aliphatic carbocycles. The Labute approximate surface area is 86.2 Å². The van der Waals surface area contributed by atoms with Gasteiger partial charge in [0.05, 0.1) is 17.8 Å². The highest BCUT2D eigenvalue weighted by Gasteiger charge is 2.12. The molecule has 0 N–H and O–H groups in total.